The van der Waals surface area contributed by atoms with Crippen LogP contribution >= 0.6 is 27.3 Å². The van der Waals surface area contributed by atoms with E-state index < -0.39 is 12.0 Å². The number of hydrogen-bond acceptors (Lipinski definition) is 7. The summed E-state index contributed by atoms with van der Waals surface area (Å²) in [7, 11) is 3.13. The number of methoxy groups -OCH3 is 2. The Labute approximate surface area is 215 Å². The number of hydrogen-bond donors (Lipinski definition) is 0. The first kappa shape index (κ1) is 24.9. The van der Waals surface area contributed by atoms with Crippen LogP contribution in [0.5, 0.6) is 11.5 Å². The van der Waals surface area contributed by atoms with Crippen LogP contribution in [0.3, 0.4) is 0 Å². The van der Waals surface area contributed by atoms with Crippen molar-refractivity contribution in [2.45, 2.75) is 26.8 Å². The number of rotatable bonds is 6. The van der Waals surface area contributed by atoms with Crippen LogP contribution in [0.25, 0.3) is 6.08 Å². The first-order chi connectivity index (χ1) is 16.8. The Kier molecular flexibility index (Phi) is 7.28. The lowest BCUT2D eigenvalue weighted by Gasteiger charge is -2.24. The van der Waals surface area contributed by atoms with Crippen LogP contribution in [-0.4, -0.2) is 31.4 Å². The predicted octanol–water partition coefficient (Wildman–Crippen LogP) is 3.89. The third kappa shape index (κ3) is 4.70. The maximum Gasteiger partial charge on any atom is 0.338 e. The number of benzene rings is 2. The van der Waals surface area contributed by atoms with Gasteiger partial charge in [0.15, 0.2) is 16.3 Å². The zero-order valence-electron chi connectivity index (χ0n) is 20.0. The first-order valence-electron chi connectivity index (χ1n) is 11.0. The molecular weight excluding hydrogens is 532 g/mol. The van der Waals surface area contributed by atoms with Gasteiger partial charge in [-0.15, -0.1) is 0 Å². The predicted molar refractivity (Wildman–Crippen MR) is 139 cm³/mol. The molecule has 0 amide bonds. The molecule has 0 unspecified atom stereocenters. The lowest BCUT2D eigenvalue weighted by atomic mass is 9.95. The Morgan fingerprint density at radius 1 is 1.14 bits per heavy atom. The van der Waals surface area contributed by atoms with Crippen LogP contribution in [0, 0.1) is 6.92 Å². The number of aromatic nitrogens is 1. The molecule has 2 aromatic carbocycles. The highest BCUT2D eigenvalue weighted by Crippen LogP contribution is 2.34. The average Bonchev–Trinajstić information content (AvgIpc) is 3.14. The molecule has 0 spiro atoms. The van der Waals surface area contributed by atoms with Crippen LogP contribution in [0.2, 0.25) is 0 Å². The quantitative estimate of drug-likeness (QED) is 0.430. The molecule has 9 heteroatoms. The van der Waals surface area contributed by atoms with Crippen molar-refractivity contribution in [3.63, 3.8) is 0 Å². The highest BCUT2D eigenvalue weighted by atomic mass is 79.9. The van der Waals surface area contributed by atoms with Crippen LogP contribution in [0.15, 0.2) is 61.9 Å². The number of esters is 1. The van der Waals surface area contributed by atoms with Gasteiger partial charge in [-0.2, -0.15) is 0 Å². The van der Waals surface area contributed by atoms with E-state index in [4.69, 9.17) is 14.2 Å². The summed E-state index contributed by atoms with van der Waals surface area (Å²) in [5.74, 6) is 0.649. The molecule has 0 saturated carbocycles. The summed E-state index contributed by atoms with van der Waals surface area (Å²) in [5, 5.41) is 0. The number of nitrogens with zero attached hydrogens (tertiary/aromatic N) is 2. The Morgan fingerprint density at radius 2 is 1.80 bits per heavy atom. The molecule has 4 rings (SSSR count). The molecule has 1 aromatic heterocycles. The summed E-state index contributed by atoms with van der Waals surface area (Å²) in [6.07, 6.45) is 1.78. The monoisotopic (exact) mass is 556 g/mol. The van der Waals surface area contributed by atoms with Gasteiger partial charge in [0.05, 0.1) is 42.7 Å². The summed E-state index contributed by atoms with van der Waals surface area (Å²) in [6, 6.07) is 10.7. The number of allylic oxidation sites excluding steroid dienone is 1. The molecule has 0 fully saturated rings. The minimum absolute atomic E-state index is 0.230. The van der Waals surface area contributed by atoms with Gasteiger partial charge in [-0.05, 0) is 50.1 Å². The third-order valence-electron chi connectivity index (χ3n) is 5.70. The molecular formula is C26H25BrN2O5S. The van der Waals surface area contributed by atoms with E-state index in [1.54, 1.807) is 50.8 Å². The molecule has 2 heterocycles. The van der Waals surface area contributed by atoms with Crippen LogP contribution in [0.1, 0.15) is 36.6 Å². The topological polar surface area (TPSA) is 79.1 Å². The number of halogens is 1. The van der Waals surface area contributed by atoms with Gasteiger partial charge in [-0.3, -0.25) is 9.36 Å². The van der Waals surface area contributed by atoms with E-state index in [1.807, 2.05) is 31.2 Å². The van der Waals surface area contributed by atoms with Crippen molar-refractivity contribution in [3.05, 3.63) is 88.5 Å². The van der Waals surface area contributed by atoms with E-state index in [9.17, 15) is 9.59 Å². The van der Waals surface area contributed by atoms with Gasteiger partial charge in [0, 0.05) is 4.47 Å². The number of carbonyl (C=O) groups excluding carboxylic acids is 1. The molecule has 0 N–H and O–H groups in total. The minimum Gasteiger partial charge on any atom is -0.493 e. The molecule has 0 bridgehead atoms. The molecule has 182 valence electrons. The summed E-state index contributed by atoms with van der Waals surface area (Å²) in [4.78, 5) is 31.8. The van der Waals surface area contributed by atoms with Crippen LogP contribution < -0.4 is 24.4 Å². The van der Waals surface area contributed by atoms with Gasteiger partial charge < -0.3 is 14.2 Å². The van der Waals surface area contributed by atoms with E-state index in [0.717, 1.165) is 21.2 Å². The van der Waals surface area contributed by atoms with Crippen LogP contribution in [0.4, 0.5) is 0 Å². The summed E-state index contributed by atoms with van der Waals surface area (Å²) in [6.45, 7) is 5.75. The first-order valence-corrected chi connectivity index (χ1v) is 12.6. The fourth-order valence-corrected chi connectivity index (χ4v) is 5.45. The van der Waals surface area contributed by atoms with E-state index in [0.29, 0.717) is 32.1 Å². The van der Waals surface area contributed by atoms with Gasteiger partial charge in [-0.25, -0.2) is 9.79 Å². The molecule has 1 aliphatic heterocycles. The zero-order chi connectivity index (χ0) is 25.3. The van der Waals surface area contributed by atoms with E-state index in [-0.39, 0.29) is 12.2 Å². The average molecular weight is 557 g/mol. The standard InChI is InChI=1S/C26H25BrN2O5S/c1-6-34-25(31)22-15(3)28-26-29(23(22)16-9-7-14(2)8-10-16)24(30)21(35-26)12-17-11-19(32-4)20(33-5)13-18(17)27/h7-13,23H,6H2,1-5H3/b21-12-/t23-/m1/s1. The molecule has 0 saturated heterocycles. The van der Waals surface area contributed by atoms with Gasteiger partial charge >= 0.3 is 5.97 Å². The van der Waals surface area contributed by atoms with Crippen molar-refractivity contribution in [1.29, 1.82) is 0 Å². The number of ether oxygens (including phenoxy) is 3. The van der Waals surface area contributed by atoms with Crippen molar-refractivity contribution in [2.24, 2.45) is 4.99 Å². The number of aryl methyl sites for hydroxylation is 1. The second kappa shape index (κ2) is 10.2. The van der Waals surface area contributed by atoms with Crippen molar-refractivity contribution in [2.75, 3.05) is 20.8 Å². The lowest BCUT2D eigenvalue weighted by Crippen LogP contribution is -2.39. The zero-order valence-corrected chi connectivity index (χ0v) is 22.5. The molecule has 7 nitrogen and oxygen atoms in total. The maximum absolute atomic E-state index is 13.7. The fourth-order valence-electron chi connectivity index (χ4n) is 3.98. The smallest absolute Gasteiger partial charge is 0.338 e. The van der Waals surface area contributed by atoms with Crippen molar-refractivity contribution in [1.82, 2.24) is 4.57 Å². The van der Waals surface area contributed by atoms with Crippen molar-refractivity contribution >= 4 is 39.3 Å². The minimum atomic E-state index is -0.637. The van der Waals surface area contributed by atoms with Crippen molar-refractivity contribution in [3.8, 4) is 11.5 Å². The second-order valence-electron chi connectivity index (χ2n) is 7.94. The summed E-state index contributed by atoms with van der Waals surface area (Å²) >= 11 is 4.82. The molecule has 0 radical (unpaired) electrons. The Bertz CT molecular complexity index is 1500. The van der Waals surface area contributed by atoms with E-state index in [2.05, 4.69) is 20.9 Å². The highest BCUT2D eigenvalue weighted by molar-refractivity contribution is 9.10. The molecule has 3 aromatic rings. The number of thiazole rings is 1. The molecule has 35 heavy (non-hydrogen) atoms. The Hall–Kier alpha value is -3.17. The third-order valence-corrected chi connectivity index (χ3v) is 7.37. The van der Waals surface area contributed by atoms with Crippen molar-refractivity contribution < 1.29 is 19.0 Å². The van der Waals surface area contributed by atoms with Gasteiger partial charge in [0.2, 0.25) is 0 Å². The second-order valence-corrected chi connectivity index (χ2v) is 9.81. The SMILES string of the molecule is CCOC(=O)C1=C(C)N=c2s/c(=C\c3cc(OC)c(OC)cc3Br)c(=O)n2[C@@H]1c1ccc(C)cc1. The molecule has 1 aliphatic rings. The van der Waals surface area contributed by atoms with E-state index in [1.165, 1.54) is 11.3 Å². The van der Waals surface area contributed by atoms with Gasteiger partial charge in [0.1, 0.15) is 0 Å². The summed E-state index contributed by atoms with van der Waals surface area (Å²) in [5.41, 5.74) is 3.30. The maximum atomic E-state index is 13.7. The Morgan fingerprint density at radius 3 is 2.43 bits per heavy atom. The number of fused-ring (bicyclic) bond motifs is 1. The fraction of sp³-hybridized carbons (Fsp3) is 0.269. The van der Waals surface area contributed by atoms with Crippen LogP contribution in [-0.2, 0) is 9.53 Å². The number of carbonyl (C=O) groups is 1. The highest BCUT2D eigenvalue weighted by Gasteiger charge is 2.33. The van der Waals surface area contributed by atoms with E-state index >= 15 is 0 Å². The van der Waals surface area contributed by atoms with Gasteiger partial charge in [-0.1, -0.05) is 57.1 Å². The largest absolute Gasteiger partial charge is 0.493 e. The molecule has 1 atom stereocenters. The summed E-state index contributed by atoms with van der Waals surface area (Å²) < 4.78 is 18.9. The lowest BCUT2D eigenvalue weighted by molar-refractivity contribution is -0.139. The molecule has 0 aliphatic carbocycles. The normalized spacial score (nSPS) is 15.5. The Balaban J connectivity index is 1.95. The van der Waals surface area contributed by atoms with Gasteiger partial charge in [0.25, 0.3) is 5.56 Å².